The molecule has 5 nitrogen and oxygen atoms in total. The molecule has 0 radical (unpaired) electrons. The lowest BCUT2D eigenvalue weighted by Crippen LogP contribution is -2.48. The highest BCUT2D eigenvalue weighted by Gasteiger charge is 2.31. The molecule has 2 aliphatic heterocycles. The normalized spacial score (nSPS) is 29.3. The van der Waals surface area contributed by atoms with Crippen molar-refractivity contribution in [3.8, 4) is 0 Å². The van der Waals surface area contributed by atoms with Crippen LogP contribution in [-0.4, -0.2) is 48.9 Å². The van der Waals surface area contributed by atoms with Crippen molar-refractivity contribution in [3.05, 3.63) is 0 Å². The summed E-state index contributed by atoms with van der Waals surface area (Å²) in [6.07, 6.45) is 1.75. The van der Waals surface area contributed by atoms with Crippen molar-refractivity contribution in [3.63, 3.8) is 0 Å². The van der Waals surface area contributed by atoms with Crippen molar-refractivity contribution >= 4 is 11.8 Å². The Morgan fingerprint density at radius 2 is 1.89 bits per heavy atom. The van der Waals surface area contributed by atoms with E-state index in [0.29, 0.717) is 5.92 Å². The van der Waals surface area contributed by atoms with E-state index in [2.05, 4.69) is 17.6 Å². The van der Waals surface area contributed by atoms with Crippen LogP contribution in [0.25, 0.3) is 0 Å². The summed E-state index contributed by atoms with van der Waals surface area (Å²) in [6, 6.07) is 0.237. The predicted molar refractivity (Wildman–Crippen MR) is 68.9 cm³/mol. The summed E-state index contributed by atoms with van der Waals surface area (Å²) in [6.45, 7) is 6.96. The molecule has 2 unspecified atom stereocenters. The Kier molecular flexibility index (Phi) is 4.22. The molecule has 0 spiro atoms. The Hall–Kier alpha value is -1.10. The smallest absolute Gasteiger partial charge is 0.224 e. The van der Waals surface area contributed by atoms with Crippen LogP contribution in [0, 0.1) is 11.8 Å². The van der Waals surface area contributed by atoms with Gasteiger partial charge < -0.3 is 15.5 Å². The van der Waals surface area contributed by atoms with Gasteiger partial charge in [-0.05, 0) is 25.3 Å². The SMILES string of the molecule is CC(=O)N1CCC(NC(=O)C2CNCC2C)CC1. The van der Waals surface area contributed by atoms with Gasteiger partial charge in [0.1, 0.15) is 0 Å². The van der Waals surface area contributed by atoms with Gasteiger partial charge in [-0.25, -0.2) is 0 Å². The van der Waals surface area contributed by atoms with Crippen LogP contribution in [0.5, 0.6) is 0 Å². The zero-order chi connectivity index (χ0) is 13.1. The fourth-order valence-electron chi connectivity index (χ4n) is 2.81. The molecule has 2 saturated heterocycles. The zero-order valence-electron chi connectivity index (χ0n) is 11.2. The van der Waals surface area contributed by atoms with Crippen LogP contribution >= 0.6 is 0 Å². The topological polar surface area (TPSA) is 61.4 Å². The summed E-state index contributed by atoms with van der Waals surface area (Å²) in [7, 11) is 0. The molecule has 2 aliphatic rings. The molecular formula is C13H23N3O2. The Balaban J connectivity index is 1.77. The Morgan fingerprint density at radius 3 is 2.39 bits per heavy atom. The summed E-state index contributed by atoms with van der Waals surface area (Å²) >= 11 is 0. The molecule has 2 fully saturated rings. The summed E-state index contributed by atoms with van der Waals surface area (Å²) in [4.78, 5) is 25.2. The van der Waals surface area contributed by atoms with Gasteiger partial charge in [-0.1, -0.05) is 6.92 Å². The maximum atomic E-state index is 12.1. The first kappa shape index (κ1) is 13.3. The monoisotopic (exact) mass is 253 g/mol. The van der Waals surface area contributed by atoms with Crippen molar-refractivity contribution in [1.82, 2.24) is 15.5 Å². The number of carbonyl (C=O) groups excluding carboxylic acids is 2. The van der Waals surface area contributed by atoms with E-state index in [0.717, 1.165) is 39.0 Å². The first-order valence-corrected chi connectivity index (χ1v) is 6.84. The van der Waals surface area contributed by atoms with E-state index in [-0.39, 0.29) is 23.8 Å². The third-order valence-electron chi connectivity index (χ3n) is 4.14. The van der Waals surface area contributed by atoms with Gasteiger partial charge in [0.2, 0.25) is 11.8 Å². The van der Waals surface area contributed by atoms with Crippen LogP contribution < -0.4 is 10.6 Å². The van der Waals surface area contributed by atoms with E-state index in [1.54, 1.807) is 6.92 Å². The molecule has 2 rings (SSSR count). The van der Waals surface area contributed by atoms with Gasteiger partial charge in [0, 0.05) is 32.6 Å². The van der Waals surface area contributed by atoms with Gasteiger partial charge in [-0.15, -0.1) is 0 Å². The second-order valence-corrected chi connectivity index (χ2v) is 5.53. The van der Waals surface area contributed by atoms with E-state index in [1.165, 1.54) is 0 Å². The van der Waals surface area contributed by atoms with Crippen molar-refractivity contribution < 1.29 is 9.59 Å². The number of nitrogens with zero attached hydrogens (tertiary/aromatic N) is 1. The fraction of sp³-hybridized carbons (Fsp3) is 0.846. The van der Waals surface area contributed by atoms with Crippen LogP contribution in [0.4, 0.5) is 0 Å². The largest absolute Gasteiger partial charge is 0.353 e. The summed E-state index contributed by atoms with van der Waals surface area (Å²) in [5.41, 5.74) is 0. The van der Waals surface area contributed by atoms with E-state index >= 15 is 0 Å². The molecular weight excluding hydrogens is 230 g/mol. The van der Waals surface area contributed by atoms with Gasteiger partial charge >= 0.3 is 0 Å². The minimum Gasteiger partial charge on any atom is -0.353 e. The number of piperidine rings is 1. The lowest BCUT2D eigenvalue weighted by atomic mass is 9.96. The van der Waals surface area contributed by atoms with Crippen molar-refractivity contribution in [2.45, 2.75) is 32.7 Å². The number of hydrogen-bond acceptors (Lipinski definition) is 3. The molecule has 0 aromatic heterocycles. The second-order valence-electron chi connectivity index (χ2n) is 5.53. The van der Waals surface area contributed by atoms with Crippen molar-refractivity contribution in [2.24, 2.45) is 11.8 Å². The third kappa shape index (κ3) is 3.02. The van der Waals surface area contributed by atoms with Crippen molar-refractivity contribution in [1.29, 1.82) is 0 Å². The quantitative estimate of drug-likeness (QED) is 0.726. The molecule has 2 N–H and O–H groups in total. The predicted octanol–water partition coefficient (Wildman–Crippen LogP) is -0.0310. The van der Waals surface area contributed by atoms with E-state index in [1.807, 2.05) is 4.90 Å². The Morgan fingerprint density at radius 1 is 1.22 bits per heavy atom. The molecule has 0 aromatic carbocycles. The summed E-state index contributed by atoms with van der Waals surface area (Å²) in [5.74, 6) is 0.834. The van der Waals surface area contributed by atoms with Crippen LogP contribution in [0.1, 0.15) is 26.7 Å². The van der Waals surface area contributed by atoms with Crippen LogP contribution in [0.2, 0.25) is 0 Å². The number of hydrogen-bond donors (Lipinski definition) is 2. The number of amides is 2. The first-order valence-electron chi connectivity index (χ1n) is 6.84. The van der Waals surface area contributed by atoms with Gasteiger partial charge in [0.05, 0.1) is 5.92 Å². The molecule has 102 valence electrons. The molecule has 18 heavy (non-hydrogen) atoms. The summed E-state index contributed by atoms with van der Waals surface area (Å²) in [5, 5.41) is 6.38. The van der Waals surface area contributed by atoms with Crippen molar-refractivity contribution in [2.75, 3.05) is 26.2 Å². The van der Waals surface area contributed by atoms with Crippen LogP contribution in [-0.2, 0) is 9.59 Å². The lowest BCUT2D eigenvalue weighted by molar-refractivity contribution is -0.130. The molecule has 0 aliphatic carbocycles. The minimum atomic E-state index is 0.107. The number of nitrogens with one attached hydrogen (secondary N) is 2. The van der Waals surface area contributed by atoms with Gasteiger partial charge in [0.15, 0.2) is 0 Å². The average molecular weight is 253 g/mol. The molecule has 2 heterocycles. The van der Waals surface area contributed by atoms with Gasteiger partial charge in [-0.2, -0.15) is 0 Å². The van der Waals surface area contributed by atoms with E-state index < -0.39 is 0 Å². The molecule has 0 saturated carbocycles. The second kappa shape index (κ2) is 5.69. The number of carbonyl (C=O) groups is 2. The third-order valence-corrected chi connectivity index (χ3v) is 4.14. The molecule has 2 atom stereocenters. The van der Waals surface area contributed by atoms with Crippen LogP contribution in [0.15, 0.2) is 0 Å². The summed E-state index contributed by atoms with van der Waals surface area (Å²) < 4.78 is 0. The highest BCUT2D eigenvalue weighted by Crippen LogP contribution is 2.17. The van der Waals surface area contributed by atoms with Gasteiger partial charge in [0.25, 0.3) is 0 Å². The molecule has 2 amide bonds. The molecule has 5 heteroatoms. The highest BCUT2D eigenvalue weighted by molar-refractivity contribution is 5.80. The zero-order valence-corrected chi connectivity index (χ0v) is 11.2. The minimum absolute atomic E-state index is 0.107. The van der Waals surface area contributed by atoms with Gasteiger partial charge in [-0.3, -0.25) is 9.59 Å². The average Bonchev–Trinajstić information content (AvgIpc) is 2.76. The lowest BCUT2D eigenvalue weighted by Gasteiger charge is -2.32. The standard InChI is InChI=1S/C13H23N3O2/c1-9-7-14-8-12(9)13(18)15-11-3-5-16(6-4-11)10(2)17/h9,11-12,14H,3-8H2,1-2H3,(H,15,18). The maximum Gasteiger partial charge on any atom is 0.224 e. The maximum absolute atomic E-state index is 12.1. The first-order chi connectivity index (χ1) is 8.58. The molecule has 0 bridgehead atoms. The highest BCUT2D eigenvalue weighted by atomic mass is 16.2. The number of likely N-dealkylation sites (tertiary alicyclic amines) is 1. The fourth-order valence-corrected chi connectivity index (χ4v) is 2.81. The van der Waals surface area contributed by atoms with Crippen LogP contribution in [0.3, 0.4) is 0 Å². The van der Waals surface area contributed by atoms with E-state index in [9.17, 15) is 9.59 Å². The van der Waals surface area contributed by atoms with E-state index in [4.69, 9.17) is 0 Å². The Labute approximate surface area is 108 Å². The Bertz CT molecular complexity index is 324. The molecule has 0 aromatic rings. The number of rotatable bonds is 2.